The maximum Gasteiger partial charge on any atom is 0.00471 e. The summed E-state index contributed by atoms with van der Waals surface area (Å²) in [5, 5.41) is 0. The Labute approximate surface area is 101 Å². The van der Waals surface area contributed by atoms with Gasteiger partial charge in [-0.15, -0.1) is 0 Å². The average molecular weight is 224 g/mol. The minimum Gasteiger partial charge on any atom is -0.330 e. The van der Waals surface area contributed by atoms with Crippen LogP contribution in [0.1, 0.15) is 51.4 Å². The van der Waals surface area contributed by atoms with Gasteiger partial charge in [-0.1, -0.05) is 25.7 Å². The molecule has 2 rings (SSSR count). The molecule has 0 aromatic carbocycles. The SMILES string of the molecule is CN(CC1CCC1)CC1(CN)CCCCC1. The standard InChI is InChI=1S/C14H28N2/c1-16(10-13-6-5-7-13)12-14(11-15)8-3-2-4-9-14/h13H,2-12,15H2,1H3. The van der Waals surface area contributed by atoms with E-state index in [0.717, 1.165) is 12.5 Å². The fraction of sp³-hybridized carbons (Fsp3) is 1.00. The maximum absolute atomic E-state index is 6.04. The van der Waals surface area contributed by atoms with Crippen molar-refractivity contribution in [2.24, 2.45) is 17.1 Å². The largest absolute Gasteiger partial charge is 0.330 e. The maximum atomic E-state index is 6.04. The van der Waals surface area contributed by atoms with Crippen LogP contribution >= 0.6 is 0 Å². The molecular formula is C14H28N2. The molecule has 2 fully saturated rings. The predicted molar refractivity (Wildman–Crippen MR) is 69.4 cm³/mol. The Morgan fingerprint density at radius 2 is 1.81 bits per heavy atom. The number of nitrogens with two attached hydrogens (primary N) is 1. The number of hydrogen-bond acceptors (Lipinski definition) is 2. The van der Waals surface area contributed by atoms with E-state index in [1.807, 2.05) is 0 Å². The highest BCUT2D eigenvalue weighted by atomic mass is 15.1. The lowest BCUT2D eigenvalue weighted by molar-refractivity contribution is 0.104. The summed E-state index contributed by atoms with van der Waals surface area (Å²) in [6.45, 7) is 3.43. The van der Waals surface area contributed by atoms with Gasteiger partial charge in [-0.05, 0) is 50.6 Å². The van der Waals surface area contributed by atoms with Crippen LogP contribution < -0.4 is 5.73 Å². The zero-order valence-electron chi connectivity index (χ0n) is 10.9. The van der Waals surface area contributed by atoms with E-state index in [1.54, 1.807) is 0 Å². The molecule has 0 unspecified atom stereocenters. The highest BCUT2D eigenvalue weighted by molar-refractivity contribution is 4.87. The van der Waals surface area contributed by atoms with Crippen LogP contribution in [-0.4, -0.2) is 31.6 Å². The van der Waals surface area contributed by atoms with Gasteiger partial charge in [-0.25, -0.2) is 0 Å². The predicted octanol–water partition coefficient (Wildman–Crippen LogP) is 2.63. The molecule has 0 aromatic rings. The van der Waals surface area contributed by atoms with Gasteiger partial charge in [0.1, 0.15) is 0 Å². The molecule has 0 bridgehead atoms. The monoisotopic (exact) mass is 224 g/mol. The van der Waals surface area contributed by atoms with Crippen LogP contribution in [0.3, 0.4) is 0 Å². The summed E-state index contributed by atoms with van der Waals surface area (Å²) >= 11 is 0. The lowest BCUT2D eigenvalue weighted by Gasteiger charge is -2.41. The highest BCUT2D eigenvalue weighted by Gasteiger charge is 2.32. The van der Waals surface area contributed by atoms with E-state index < -0.39 is 0 Å². The van der Waals surface area contributed by atoms with Crippen LogP contribution in [-0.2, 0) is 0 Å². The van der Waals surface area contributed by atoms with Gasteiger partial charge in [-0.3, -0.25) is 0 Å². The second-order valence-corrected chi connectivity index (χ2v) is 6.26. The van der Waals surface area contributed by atoms with E-state index in [4.69, 9.17) is 5.73 Å². The van der Waals surface area contributed by atoms with Crippen molar-refractivity contribution in [2.75, 3.05) is 26.7 Å². The summed E-state index contributed by atoms with van der Waals surface area (Å²) in [6.07, 6.45) is 11.3. The third-order valence-corrected chi connectivity index (χ3v) is 4.75. The Hall–Kier alpha value is -0.0800. The van der Waals surface area contributed by atoms with Crippen molar-refractivity contribution in [3.63, 3.8) is 0 Å². The summed E-state index contributed by atoms with van der Waals surface area (Å²) in [4.78, 5) is 2.56. The first kappa shape index (κ1) is 12.4. The lowest BCUT2D eigenvalue weighted by Crippen LogP contribution is -2.44. The van der Waals surface area contributed by atoms with Gasteiger partial charge in [0, 0.05) is 13.1 Å². The van der Waals surface area contributed by atoms with Gasteiger partial charge >= 0.3 is 0 Å². The van der Waals surface area contributed by atoms with Crippen LogP contribution in [0.4, 0.5) is 0 Å². The van der Waals surface area contributed by atoms with Gasteiger partial charge in [-0.2, -0.15) is 0 Å². The minimum atomic E-state index is 0.455. The third-order valence-electron chi connectivity index (χ3n) is 4.75. The molecule has 2 nitrogen and oxygen atoms in total. The molecular weight excluding hydrogens is 196 g/mol. The van der Waals surface area contributed by atoms with Gasteiger partial charge in [0.25, 0.3) is 0 Å². The molecule has 0 amide bonds. The Morgan fingerprint density at radius 1 is 1.12 bits per heavy atom. The Bertz CT molecular complexity index is 205. The summed E-state index contributed by atoms with van der Waals surface area (Å²) in [5.41, 5.74) is 6.49. The van der Waals surface area contributed by atoms with Crippen molar-refractivity contribution in [3.8, 4) is 0 Å². The van der Waals surface area contributed by atoms with Crippen LogP contribution in [0.15, 0.2) is 0 Å². The molecule has 0 heterocycles. The normalized spacial score (nSPS) is 25.7. The molecule has 0 atom stereocenters. The fourth-order valence-electron chi connectivity index (χ4n) is 3.48. The summed E-state index contributed by atoms with van der Waals surface area (Å²) in [6, 6.07) is 0. The van der Waals surface area contributed by atoms with Crippen molar-refractivity contribution in [2.45, 2.75) is 51.4 Å². The quantitative estimate of drug-likeness (QED) is 0.778. The van der Waals surface area contributed by atoms with E-state index in [1.165, 1.54) is 64.5 Å². The zero-order chi connectivity index (χ0) is 11.4. The second-order valence-electron chi connectivity index (χ2n) is 6.26. The average Bonchev–Trinajstić information content (AvgIpc) is 2.25. The van der Waals surface area contributed by atoms with Crippen LogP contribution in [0, 0.1) is 11.3 Å². The molecule has 2 aliphatic rings. The van der Waals surface area contributed by atoms with E-state index in [0.29, 0.717) is 5.41 Å². The summed E-state index contributed by atoms with van der Waals surface area (Å²) in [5.74, 6) is 0.989. The second kappa shape index (κ2) is 5.50. The van der Waals surface area contributed by atoms with Crippen molar-refractivity contribution in [3.05, 3.63) is 0 Å². The fourth-order valence-corrected chi connectivity index (χ4v) is 3.48. The Morgan fingerprint density at radius 3 is 2.31 bits per heavy atom. The first-order valence-electron chi connectivity index (χ1n) is 7.13. The van der Waals surface area contributed by atoms with Crippen LogP contribution in [0.25, 0.3) is 0 Å². The molecule has 16 heavy (non-hydrogen) atoms. The molecule has 0 radical (unpaired) electrons. The first-order chi connectivity index (χ1) is 7.74. The Kier molecular flexibility index (Phi) is 4.26. The van der Waals surface area contributed by atoms with Crippen molar-refractivity contribution >= 4 is 0 Å². The zero-order valence-corrected chi connectivity index (χ0v) is 10.9. The highest BCUT2D eigenvalue weighted by Crippen LogP contribution is 2.36. The van der Waals surface area contributed by atoms with Crippen molar-refractivity contribution in [1.82, 2.24) is 4.90 Å². The molecule has 2 saturated carbocycles. The summed E-state index contributed by atoms with van der Waals surface area (Å²) in [7, 11) is 2.30. The topological polar surface area (TPSA) is 29.3 Å². The molecule has 94 valence electrons. The smallest absolute Gasteiger partial charge is 0.00471 e. The lowest BCUT2D eigenvalue weighted by atomic mass is 9.73. The molecule has 2 N–H and O–H groups in total. The van der Waals surface area contributed by atoms with Crippen molar-refractivity contribution in [1.29, 1.82) is 0 Å². The van der Waals surface area contributed by atoms with Crippen LogP contribution in [0.5, 0.6) is 0 Å². The summed E-state index contributed by atoms with van der Waals surface area (Å²) < 4.78 is 0. The van der Waals surface area contributed by atoms with E-state index >= 15 is 0 Å². The van der Waals surface area contributed by atoms with Crippen molar-refractivity contribution < 1.29 is 0 Å². The van der Waals surface area contributed by atoms with Gasteiger partial charge in [0.2, 0.25) is 0 Å². The van der Waals surface area contributed by atoms with Gasteiger partial charge < -0.3 is 10.6 Å². The van der Waals surface area contributed by atoms with Gasteiger partial charge in [0.05, 0.1) is 0 Å². The minimum absolute atomic E-state index is 0.455. The molecule has 0 saturated heterocycles. The Balaban J connectivity index is 1.79. The molecule has 2 aliphatic carbocycles. The third kappa shape index (κ3) is 2.98. The van der Waals surface area contributed by atoms with Gasteiger partial charge in [0.15, 0.2) is 0 Å². The molecule has 2 heteroatoms. The van der Waals surface area contributed by atoms with Crippen LogP contribution in [0.2, 0.25) is 0 Å². The molecule has 0 aromatic heterocycles. The van der Waals surface area contributed by atoms with E-state index in [9.17, 15) is 0 Å². The van der Waals surface area contributed by atoms with E-state index in [2.05, 4.69) is 11.9 Å². The number of nitrogens with zero attached hydrogens (tertiary/aromatic N) is 1. The molecule has 0 aliphatic heterocycles. The number of rotatable bonds is 5. The first-order valence-corrected chi connectivity index (χ1v) is 7.13. The number of hydrogen-bond donors (Lipinski definition) is 1. The van der Waals surface area contributed by atoms with E-state index in [-0.39, 0.29) is 0 Å². The molecule has 0 spiro atoms.